The van der Waals surface area contributed by atoms with Crippen molar-refractivity contribution in [3.8, 4) is 6.07 Å². The van der Waals surface area contributed by atoms with Crippen molar-refractivity contribution in [2.45, 2.75) is 38.3 Å². The van der Waals surface area contributed by atoms with Crippen LogP contribution in [0.15, 0.2) is 24.5 Å². The summed E-state index contributed by atoms with van der Waals surface area (Å²) < 4.78 is 45.6. The van der Waals surface area contributed by atoms with Gasteiger partial charge in [0.1, 0.15) is 12.1 Å². The smallest absolute Gasteiger partial charge is 0.327 e. The molecule has 0 atom stereocenters. The maximum absolute atomic E-state index is 15.6. The topological polar surface area (TPSA) is 117 Å². The van der Waals surface area contributed by atoms with Crippen LogP contribution >= 0.6 is 0 Å². The second-order valence-electron chi connectivity index (χ2n) is 10.6. The van der Waals surface area contributed by atoms with Crippen LogP contribution in [0.4, 0.5) is 35.2 Å². The van der Waals surface area contributed by atoms with Gasteiger partial charge in [-0.2, -0.15) is 5.26 Å². The van der Waals surface area contributed by atoms with E-state index in [1.807, 2.05) is 11.0 Å². The fourth-order valence-corrected chi connectivity index (χ4v) is 5.54. The van der Waals surface area contributed by atoms with Crippen molar-refractivity contribution in [1.82, 2.24) is 20.2 Å². The van der Waals surface area contributed by atoms with Gasteiger partial charge >= 0.3 is 6.03 Å². The minimum Gasteiger partial charge on any atom is -0.367 e. The average molecular weight is 565 g/mol. The Morgan fingerprint density at radius 2 is 1.88 bits per heavy atom. The average Bonchev–Trinajstić information content (AvgIpc) is 3.72. The molecule has 2 aromatic carbocycles. The van der Waals surface area contributed by atoms with Gasteiger partial charge in [-0.25, -0.2) is 27.9 Å². The maximum atomic E-state index is 15.6. The zero-order valence-electron chi connectivity index (χ0n) is 22.3. The molecule has 3 heterocycles. The van der Waals surface area contributed by atoms with E-state index in [4.69, 9.17) is 5.26 Å². The van der Waals surface area contributed by atoms with Crippen molar-refractivity contribution in [2.75, 3.05) is 47.8 Å². The molecule has 1 saturated heterocycles. The Bertz CT molecular complexity index is 1610. The van der Waals surface area contributed by atoms with Gasteiger partial charge in [0.15, 0.2) is 17.5 Å². The first-order valence-electron chi connectivity index (χ1n) is 13.4. The molecule has 0 radical (unpaired) electrons. The lowest BCUT2D eigenvalue weighted by atomic mass is 10.1. The number of aromatic nitrogens is 2. The van der Waals surface area contributed by atoms with E-state index in [2.05, 4.69) is 20.6 Å². The third-order valence-corrected chi connectivity index (χ3v) is 8.03. The van der Waals surface area contributed by atoms with E-state index < -0.39 is 40.5 Å². The normalized spacial score (nSPS) is 17.8. The third kappa shape index (κ3) is 4.67. The number of nitriles is 1. The summed E-state index contributed by atoms with van der Waals surface area (Å²) in [5.41, 5.74) is -0.0728. The van der Waals surface area contributed by atoms with E-state index >= 15 is 8.78 Å². The van der Waals surface area contributed by atoms with Gasteiger partial charge in [-0.1, -0.05) is 0 Å². The van der Waals surface area contributed by atoms with E-state index in [0.29, 0.717) is 67.8 Å². The first-order valence-corrected chi connectivity index (χ1v) is 13.4. The highest BCUT2D eigenvalue weighted by Crippen LogP contribution is 2.39. The number of urea groups is 1. The Balaban J connectivity index is 1.15. The summed E-state index contributed by atoms with van der Waals surface area (Å²) >= 11 is 0. The van der Waals surface area contributed by atoms with Gasteiger partial charge in [0.05, 0.1) is 45.9 Å². The number of piperazine rings is 1. The SMILES string of the molecule is CCN1C(=O)Nc2c(F)c(CN3CCN(c4ccc(C(=O)NC5(CC#N)CC5)c(F)c4F)CC3)cc3ncnc1c23. The van der Waals surface area contributed by atoms with Gasteiger partial charge in [0.25, 0.3) is 5.91 Å². The molecule has 3 aromatic rings. The van der Waals surface area contributed by atoms with Gasteiger partial charge in [0.2, 0.25) is 0 Å². The summed E-state index contributed by atoms with van der Waals surface area (Å²) in [5.74, 6) is -3.26. The summed E-state index contributed by atoms with van der Waals surface area (Å²) in [6, 6.07) is 5.85. The second kappa shape index (κ2) is 10.2. The highest BCUT2D eigenvalue weighted by molar-refractivity contribution is 6.17. The number of hydrogen-bond acceptors (Lipinski definition) is 7. The predicted octanol–water partition coefficient (Wildman–Crippen LogP) is 3.92. The minimum absolute atomic E-state index is 0.0468. The largest absolute Gasteiger partial charge is 0.367 e. The number of anilines is 3. The van der Waals surface area contributed by atoms with Crippen molar-refractivity contribution < 1.29 is 22.8 Å². The van der Waals surface area contributed by atoms with Crippen molar-refractivity contribution >= 4 is 40.0 Å². The zero-order chi connectivity index (χ0) is 28.9. The van der Waals surface area contributed by atoms with Crippen LogP contribution < -0.4 is 20.4 Å². The van der Waals surface area contributed by atoms with Gasteiger partial charge in [-0.15, -0.1) is 0 Å². The Kier molecular flexibility index (Phi) is 6.65. The lowest BCUT2D eigenvalue weighted by Crippen LogP contribution is -2.46. The number of amides is 3. The molecule has 3 aliphatic rings. The van der Waals surface area contributed by atoms with Crippen LogP contribution in [0.5, 0.6) is 0 Å². The molecule has 6 rings (SSSR count). The lowest BCUT2D eigenvalue weighted by Gasteiger charge is -2.36. The maximum Gasteiger partial charge on any atom is 0.327 e. The summed E-state index contributed by atoms with van der Waals surface area (Å²) in [5, 5.41) is 14.7. The number of halogens is 3. The standard InChI is InChI=1S/C28H27F3N8O2/c1-2-39-25-20-18(33-15-34-25)13-16(21(29)24(20)35-27(39)41)14-37-9-11-38(12-10-37)19-4-3-17(22(30)23(19)31)26(40)36-28(5-6-28)7-8-32/h3-4,13,15H,2,5-7,9-12,14H2,1H3,(H,35,41)(H,36,40). The number of nitrogens with zero attached hydrogens (tertiary/aromatic N) is 6. The van der Waals surface area contributed by atoms with Crippen molar-refractivity contribution in [1.29, 1.82) is 5.26 Å². The Labute approximate surface area is 233 Å². The summed E-state index contributed by atoms with van der Waals surface area (Å²) in [6.45, 7) is 3.99. The number of hydrogen-bond donors (Lipinski definition) is 2. The van der Waals surface area contributed by atoms with Crippen LogP contribution in [0, 0.1) is 28.8 Å². The Morgan fingerprint density at radius 3 is 2.56 bits per heavy atom. The zero-order valence-corrected chi connectivity index (χ0v) is 22.3. The molecule has 2 N–H and O–H groups in total. The quantitative estimate of drug-likeness (QED) is 0.447. The summed E-state index contributed by atoms with van der Waals surface area (Å²) in [7, 11) is 0. The fraction of sp³-hybridized carbons (Fsp3) is 0.393. The van der Waals surface area contributed by atoms with Crippen LogP contribution in [0.25, 0.3) is 10.9 Å². The number of benzene rings is 2. The van der Waals surface area contributed by atoms with Crippen molar-refractivity contribution in [2.24, 2.45) is 0 Å². The molecule has 2 aliphatic heterocycles. The third-order valence-electron chi connectivity index (χ3n) is 8.03. The number of rotatable bonds is 7. The molecular weight excluding hydrogens is 537 g/mol. The van der Waals surface area contributed by atoms with E-state index in [0.717, 1.165) is 0 Å². The lowest BCUT2D eigenvalue weighted by molar-refractivity contribution is 0.0927. The predicted molar refractivity (Wildman–Crippen MR) is 145 cm³/mol. The van der Waals surface area contributed by atoms with Crippen LogP contribution in [0.2, 0.25) is 0 Å². The first-order chi connectivity index (χ1) is 19.7. The van der Waals surface area contributed by atoms with Crippen LogP contribution in [-0.2, 0) is 6.54 Å². The van der Waals surface area contributed by atoms with Crippen molar-refractivity contribution in [3.63, 3.8) is 0 Å². The molecule has 1 aliphatic carbocycles. The Hall–Kier alpha value is -4.44. The molecule has 13 heteroatoms. The molecule has 3 amide bonds. The van der Waals surface area contributed by atoms with E-state index in [1.54, 1.807) is 17.9 Å². The minimum atomic E-state index is -1.23. The van der Waals surface area contributed by atoms with Gasteiger partial charge in [0, 0.05) is 44.8 Å². The molecule has 2 fully saturated rings. The molecule has 1 aromatic heterocycles. The van der Waals surface area contributed by atoms with Crippen LogP contribution in [0.3, 0.4) is 0 Å². The molecule has 0 spiro atoms. The van der Waals surface area contributed by atoms with Gasteiger partial charge < -0.3 is 15.5 Å². The molecule has 41 heavy (non-hydrogen) atoms. The molecule has 0 unspecified atom stereocenters. The molecule has 10 nitrogen and oxygen atoms in total. The Morgan fingerprint density at radius 1 is 1.12 bits per heavy atom. The summed E-state index contributed by atoms with van der Waals surface area (Å²) in [4.78, 5) is 38.7. The molecule has 1 saturated carbocycles. The summed E-state index contributed by atoms with van der Waals surface area (Å²) in [6.07, 6.45) is 2.73. The monoisotopic (exact) mass is 564 g/mol. The highest BCUT2D eigenvalue weighted by Gasteiger charge is 2.44. The van der Waals surface area contributed by atoms with E-state index in [9.17, 15) is 14.0 Å². The molecule has 0 bridgehead atoms. The first kappa shape index (κ1) is 26.8. The van der Waals surface area contributed by atoms with Crippen molar-refractivity contribution in [3.05, 3.63) is 53.1 Å². The second-order valence-corrected chi connectivity index (χ2v) is 10.6. The van der Waals surface area contributed by atoms with Crippen LogP contribution in [-0.4, -0.2) is 65.1 Å². The van der Waals surface area contributed by atoms with Gasteiger partial charge in [-0.3, -0.25) is 14.6 Å². The van der Waals surface area contributed by atoms with E-state index in [-0.39, 0.29) is 24.3 Å². The number of carbonyl (C=O) groups excluding carboxylic acids is 2. The fourth-order valence-electron chi connectivity index (χ4n) is 5.54. The number of nitrogens with one attached hydrogen (secondary N) is 2. The van der Waals surface area contributed by atoms with E-state index in [1.165, 1.54) is 23.4 Å². The number of carbonyl (C=O) groups is 2. The van der Waals surface area contributed by atoms with Crippen LogP contribution in [0.1, 0.15) is 42.1 Å². The van der Waals surface area contributed by atoms with Gasteiger partial charge in [-0.05, 0) is 38.0 Å². The molecular formula is C28H27F3N8O2. The highest BCUT2D eigenvalue weighted by atomic mass is 19.2. The molecule has 212 valence electrons.